The van der Waals surface area contributed by atoms with Gasteiger partial charge in [0.2, 0.25) is 11.8 Å². The SMILES string of the molecule is Cc1ccc(SCC(=O)NNC(=O)Cc2cccc(F)c2)cc1. The highest BCUT2D eigenvalue weighted by atomic mass is 32.2. The Labute approximate surface area is 138 Å². The third kappa shape index (κ3) is 6.12. The number of amides is 2. The molecule has 2 N–H and O–H groups in total. The zero-order valence-electron chi connectivity index (χ0n) is 12.6. The maximum absolute atomic E-state index is 13.0. The summed E-state index contributed by atoms with van der Waals surface area (Å²) < 4.78 is 13.0. The second-order valence-electron chi connectivity index (χ2n) is 5.00. The molecule has 23 heavy (non-hydrogen) atoms. The zero-order valence-corrected chi connectivity index (χ0v) is 13.5. The number of hydrazine groups is 1. The first-order chi connectivity index (χ1) is 11.0. The van der Waals surface area contributed by atoms with E-state index in [1.807, 2.05) is 31.2 Å². The fraction of sp³-hybridized carbons (Fsp3) is 0.176. The molecule has 2 amide bonds. The Morgan fingerprint density at radius 2 is 1.74 bits per heavy atom. The van der Waals surface area contributed by atoms with Gasteiger partial charge in [-0.25, -0.2) is 4.39 Å². The molecule has 120 valence electrons. The molecule has 0 aromatic heterocycles. The van der Waals surface area contributed by atoms with Gasteiger partial charge in [-0.1, -0.05) is 29.8 Å². The molecule has 0 aliphatic carbocycles. The largest absolute Gasteiger partial charge is 0.273 e. The Kier molecular flexibility index (Phi) is 6.17. The average molecular weight is 332 g/mol. The van der Waals surface area contributed by atoms with Crippen LogP contribution < -0.4 is 10.9 Å². The number of halogens is 1. The molecule has 6 heteroatoms. The molecule has 0 spiro atoms. The molecule has 0 bridgehead atoms. The van der Waals surface area contributed by atoms with Crippen molar-refractivity contribution in [2.24, 2.45) is 0 Å². The lowest BCUT2D eigenvalue weighted by molar-refractivity contribution is -0.127. The monoisotopic (exact) mass is 332 g/mol. The van der Waals surface area contributed by atoms with E-state index in [1.54, 1.807) is 6.07 Å². The smallest absolute Gasteiger partial charge is 0.248 e. The first kappa shape index (κ1) is 17.0. The van der Waals surface area contributed by atoms with Crippen LogP contribution in [0.4, 0.5) is 4.39 Å². The van der Waals surface area contributed by atoms with Crippen LogP contribution >= 0.6 is 11.8 Å². The highest BCUT2D eigenvalue weighted by molar-refractivity contribution is 8.00. The van der Waals surface area contributed by atoms with Crippen molar-refractivity contribution in [3.63, 3.8) is 0 Å². The van der Waals surface area contributed by atoms with E-state index in [2.05, 4.69) is 10.9 Å². The van der Waals surface area contributed by atoms with E-state index in [4.69, 9.17) is 0 Å². The lowest BCUT2D eigenvalue weighted by atomic mass is 10.1. The molecule has 0 unspecified atom stereocenters. The minimum absolute atomic E-state index is 0.00312. The van der Waals surface area contributed by atoms with Crippen molar-refractivity contribution in [3.05, 3.63) is 65.5 Å². The molecule has 0 aliphatic heterocycles. The van der Waals surface area contributed by atoms with E-state index in [-0.39, 0.29) is 18.1 Å². The summed E-state index contributed by atoms with van der Waals surface area (Å²) in [6.45, 7) is 2.00. The minimum atomic E-state index is -0.399. The van der Waals surface area contributed by atoms with Crippen LogP contribution in [0.15, 0.2) is 53.4 Å². The lowest BCUT2D eigenvalue weighted by Crippen LogP contribution is -2.43. The van der Waals surface area contributed by atoms with Gasteiger partial charge in [0.15, 0.2) is 0 Å². The molecule has 0 aliphatic rings. The van der Waals surface area contributed by atoms with Crippen LogP contribution in [0.25, 0.3) is 0 Å². The highest BCUT2D eigenvalue weighted by Crippen LogP contribution is 2.17. The van der Waals surface area contributed by atoms with Gasteiger partial charge in [0, 0.05) is 4.90 Å². The Morgan fingerprint density at radius 3 is 2.43 bits per heavy atom. The van der Waals surface area contributed by atoms with Crippen LogP contribution in [0.5, 0.6) is 0 Å². The standard InChI is InChI=1S/C17H17FN2O2S/c1-12-5-7-15(8-6-12)23-11-17(22)20-19-16(21)10-13-3-2-4-14(18)9-13/h2-9H,10-11H2,1H3,(H,19,21)(H,20,22). The van der Waals surface area contributed by atoms with Gasteiger partial charge in [-0.2, -0.15) is 0 Å². The normalized spacial score (nSPS) is 10.2. The average Bonchev–Trinajstić information content (AvgIpc) is 2.52. The molecular formula is C17H17FN2O2S. The summed E-state index contributed by atoms with van der Waals surface area (Å²) in [6, 6.07) is 13.6. The molecule has 0 fully saturated rings. The quantitative estimate of drug-likeness (QED) is 0.654. The van der Waals surface area contributed by atoms with Crippen LogP contribution in [-0.2, 0) is 16.0 Å². The van der Waals surface area contributed by atoms with Gasteiger partial charge in [0.25, 0.3) is 0 Å². The van der Waals surface area contributed by atoms with Crippen molar-refractivity contribution in [2.45, 2.75) is 18.2 Å². The lowest BCUT2D eigenvalue weighted by Gasteiger charge is -2.07. The number of benzene rings is 2. The van der Waals surface area contributed by atoms with E-state index in [1.165, 1.54) is 30.0 Å². The molecule has 2 rings (SSSR count). The summed E-state index contributed by atoms with van der Waals surface area (Å²) >= 11 is 1.38. The third-order valence-electron chi connectivity index (χ3n) is 2.99. The van der Waals surface area contributed by atoms with E-state index in [0.29, 0.717) is 5.56 Å². The molecule has 0 radical (unpaired) electrons. The van der Waals surface area contributed by atoms with Crippen LogP contribution in [0.1, 0.15) is 11.1 Å². The number of nitrogens with one attached hydrogen (secondary N) is 2. The Hall–Kier alpha value is -2.34. The number of hydrogen-bond acceptors (Lipinski definition) is 3. The Morgan fingerprint density at radius 1 is 1.04 bits per heavy atom. The minimum Gasteiger partial charge on any atom is -0.273 e. The topological polar surface area (TPSA) is 58.2 Å². The number of aryl methyl sites for hydroxylation is 1. The van der Waals surface area contributed by atoms with Crippen LogP contribution in [0.3, 0.4) is 0 Å². The van der Waals surface area contributed by atoms with Gasteiger partial charge in [-0.05, 0) is 36.8 Å². The fourth-order valence-corrected chi connectivity index (χ4v) is 2.53. The van der Waals surface area contributed by atoms with Gasteiger partial charge in [0.05, 0.1) is 12.2 Å². The molecule has 0 saturated heterocycles. The van der Waals surface area contributed by atoms with Gasteiger partial charge in [-0.3, -0.25) is 20.4 Å². The van der Waals surface area contributed by atoms with E-state index in [9.17, 15) is 14.0 Å². The van der Waals surface area contributed by atoms with Crippen molar-refractivity contribution in [3.8, 4) is 0 Å². The van der Waals surface area contributed by atoms with E-state index in [0.717, 1.165) is 10.5 Å². The fourth-order valence-electron chi connectivity index (χ4n) is 1.84. The van der Waals surface area contributed by atoms with Crippen LogP contribution in [0.2, 0.25) is 0 Å². The van der Waals surface area contributed by atoms with Crippen LogP contribution in [0, 0.1) is 12.7 Å². The van der Waals surface area contributed by atoms with Crippen molar-refractivity contribution in [1.82, 2.24) is 10.9 Å². The summed E-state index contributed by atoms with van der Waals surface area (Å²) in [5.74, 6) is -0.898. The molecule has 2 aromatic rings. The van der Waals surface area contributed by atoms with Crippen molar-refractivity contribution in [2.75, 3.05) is 5.75 Å². The molecule has 0 atom stereocenters. The van der Waals surface area contributed by atoms with Gasteiger partial charge >= 0.3 is 0 Å². The second-order valence-corrected chi connectivity index (χ2v) is 6.05. The first-order valence-corrected chi connectivity index (χ1v) is 8.03. The van der Waals surface area contributed by atoms with E-state index >= 15 is 0 Å². The highest BCUT2D eigenvalue weighted by Gasteiger charge is 2.07. The predicted octanol–water partition coefficient (Wildman–Crippen LogP) is 2.62. The second kappa shape index (κ2) is 8.33. The predicted molar refractivity (Wildman–Crippen MR) is 88.3 cm³/mol. The van der Waals surface area contributed by atoms with E-state index < -0.39 is 11.7 Å². The van der Waals surface area contributed by atoms with Gasteiger partial charge < -0.3 is 0 Å². The molecular weight excluding hydrogens is 315 g/mol. The first-order valence-electron chi connectivity index (χ1n) is 7.04. The summed E-state index contributed by atoms with van der Waals surface area (Å²) in [6.07, 6.45) is 0.00312. The summed E-state index contributed by atoms with van der Waals surface area (Å²) in [4.78, 5) is 24.4. The van der Waals surface area contributed by atoms with Crippen molar-refractivity contribution >= 4 is 23.6 Å². The van der Waals surface area contributed by atoms with Crippen molar-refractivity contribution < 1.29 is 14.0 Å². The third-order valence-corrected chi connectivity index (χ3v) is 4.00. The molecule has 0 heterocycles. The summed E-state index contributed by atoms with van der Waals surface area (Å²) in [7, 11) is 0. The number of rotatable bonds is 5. The number of carbonyl (C=O) groups excluding carboxylic acids is 2. The van der Waals surface area contributed by atoms with Crippen LogP contribution in [-0.4, -0.2) is 17.6 Å². The molecule has 0 saturated carbocycles. The van der Waals surface area contributed by atoms with Crippen molar-refractivity contribution in [1.29, 1.82) is 0 Å². The Bertz CT molecular complexity index is 689. The molecule has 4 nitrogen and oxygen atoms in total. The molecule has 2 aromatic carbocycles. The summed E-state index contributed by atoms with van der Waals surface area (Å²) in [5, 5.41) is 0. The van der Waals surface area contributed by atoms with Gasteiger partial charge in [0.1, 0.15) is 5.82 Å². The number of carbonyl (C=O) groups is 2. The Balaban J connectivity index is 1.71. The van der Waals surface area contributed by atoms with Gasteiger partial charge in [-0.15, -0.1) is 11.8 Å². The maximum Gasteiger partial charge on any atom is 0.248 e. The summed E-state index contributed by atoms with van der Waals surface area (Å²) in [5.41, 5.74) is 6.37. The maximum atomic E-state index is 13.0. The zero-order chi connectivity index (χ0) is 16.7. The number of hydrogen-bond donors (Lipinski definition) is 2. The number of thioether (sulfide) groups is 1.